The van der Waals surface area contributed by atoms with Crippen LogP contribution >= 0.6 is 0 Å². The van der Waals surface area contributed by atoms with E-state index in [9.17, 15) is 0 Å². The van der Waals surface area contributed by atoms with Crippen LogP contribution in [0.1, 0.15) is 41.0 Å². The van der Waals surface area contributed by atoms with Crippen LogP contribution in [0.3, 0.4) is 0 Å². The number of hydrogen-bond donors (Lipinski definition) is 1. The minimum absolute atomic E-state index is 0.178. The first-order valence-corrected chi connectivity index (χ1v) is 4.68. The average molecular weight is 167 g/mol. The number of terminal acetylenes is 1. The van der Waals surface area contributed by atoms with Gasteiger partial charge in [-0.3, -0.25) is 5.32 Å². The monoisotopic (exact) mass is 167 g/mol. The van der Waals surface area contributed by atoms with Crippen LogP contribution in [0.4, 0.5) is 0 Å². The molecule has 0 saturated heterocycles. The molecular weight excluding hydrogens is 146 g/mol. The zero-order chi connectivity index (χ0) is 9.78. The Morgan fingerprint density at radius 3 is 2.25 bits per heavy atom. The molecule has 0 spiro atoms. The van der Waals surface area contributed by atoms with Gasteiger partial charge in [0.25, 0.3) is 0 Å². The summed E-state index contributed by atoms with van der Waals surface area (Å²) in [5, 5.41) is 3.42. The number of nitrogens with one attached hydrogen (secondary N) is 1. The summed E-state index contributed by atoms with van der Waals surface area (Å²) in [6.07, 6.45) is 6.57. The smallest absolute Gasteiger partial charge is 0.0743 e. The van der Waals surface area contributed by atoms with E-state index in [2.05, 4.69) is 32.0 Å². The molecule has 0 aliphatic carbocycles. The van der Waals surface area contributed by atoms with Gasteiger partial charge in [-0.05, 0) is 26.7 Å². The quantitative estimate of drug-likeness (QED) is 0.634. The molecule has 0 rings (SSSR count). The Hall–Kier alpha value is -0.480. The van der Waals surface area contributed by atoms with Crippen molar-refractivity contribution < 1.29 is 0 Å². The summed E-state index contributed by atoms with van der Waals surface area (Å²) in [6, 6.07) is 0.487. The second kappa shape index (κ2) is 4.52. The van der Waals surface area contributed by atoms with E-state index in [0.29, 0.717) is 12.0 Å². The third kappa shape index (κ3) is 3.78. The maximum Gasteiger partial charge on any atom is 0.0743 e. The van der Waals surface area contributed by atoms with Gasteiger partial charge in [0, 0.05) is 6.04 Å². The van der Waals surface area contributed by atoms with Crippen LogP contribution in [0.2, 0.25) is 0 Å². The summed E-state index contributed by atoms with van der Waals surface area (Å²) in [7, 11) is 0. The van der Waals surface area contributed by atoms with Crippen LogP contribution in [0.25, 0.3) is 0 Å². The van der Waals surface area contributed by atoms with E-state index in [4.69, 9.17) is 6.42 Å². The van der Waals surface area contributed by atoms with Crippen LogP contribution in [-0.2, 0) is 0 Å². The highest BCUT2D eigenvalue weighted by molar-refractivity contribution is 5.08. The first-order valence-electron chi connectivity index (χ1n) is 4.68. The van der Waals surface area contributed by atoms with Gasteiger partial charge in [-0.25, -0.2) is 0 Å². The Labute approximate surface area is 76.9 Å². The van der Waals surface area contributed by atoms with E-state index in [-0.39, 0.29) is 5.54 Å². The van der Waals surface area contributed by atoms with Crippen LogP contribution in [0, 0.1) is 18.3 Å². The van der Waals surface area contributed by atoms with Crippen molar-refractivity contribution in [3.63, 3.8) is 0 Å². The van der Waals surface area contributed by atoms with Crippen molar-refractivity contribution in [2.24, 2.45) is 5.92 Å². The first kappa shape index (κ1) is 11.5. The number of hydrogen-bond acceptors (Lipinski definition) is 1. The van der Waals surface area contributed by atoms with Crippen molar-refractivity contribution in [2.45, 2.75) is 52.6 Å². The van der Waals surface area contributed by atoms with E-state index < -0.39 is 0 Å². The largest absolute Gasteiger partial charge is 0.299 e. The van der Waals surface area contributed by atoms with Gasteiger partial charge in [0.2, 0.25) is 0 Å². The van der Waals surface area contributed by atoms with Crippen LogP contribution in [0.15, 0.2) is 0 Å². The molecule has 2 atom stereocenters. The molecule has 0 heterocycles. The molecule has 0 aliphatic rings. The molecule has 0 fully saturated rings. The second-order valence-electron chi connectivity index (χ2n) is 4.09. The van der Waals surface area contributed by atoms with Gasteiger partial charge in [-0.2, -0.15) is 0 Å². The molecule has 2 unspecified atom stereocenters. The zero-order valence-corrected chi connectivity index (χ0v) is 8.94. The molecule has 70 valence electrons. The minimum Gasteiger partial charge on any atom is -0.299 e. The third-order valence-corrected chi connectivity index (χ3v) is 2.45. The van der Waals surface area contributed by atoms with Crippen molar-refractivity contribution in [1.29, 1.82) is 0 Å². The highest BCUT2D eigenvalue weighted by Crippen LogP contribution is 2.10. The Balaban J connectivity index is 4.01. The molecule has 1 nitrogen and oxygen atoms in total. The molecule has 0 aromatic rings. The van der Waals surface area contributed by atoms with Crippen molar-refractivity contribution in [2.75, 3.05) is 0 Å². The Morgan fingerprint density at radius 1 is 1.42 bits per heavy atom. The SMILES string of the molecule is C#CC(C)(C)NC(C)C(C)CC. The summed E-state index contributed by atoms with van der Waals surface area (Å²) in [5.41, 5.74) is -0.178. The minimum atomic E-state index is -0.178. The lowest BCUT2D eigenvalue weighted by molar-refractivity contribution is 0.331. The van der Waals surface area contributed by atoms with Gasteiger partial charge in [-0.15, -0.1) is 6.42 Å². The van der Waals surface area contributed by atoms with E-state index in [1.165, 1.54) is 6.42 Å². The fourth-order valence-electron chi connectivity index (χ4n) is 1.11. The van der Waals surface area contributed by atoms with Gasteiger partial charge in [-0.1, -0.05) is 26.2 Å². The Kier molecular flexibility index (Phi) is 4.34. The zero-order valence-electron chi connectivity index (χ0n) is 8.94. The third-order valence-electron chi connectivity index (χ3n) is 2.45. The van der Waals surface area contributed by atoms with Crippen molar-refractivity contribution in [3.05, 3.63) is 0 Å². The van der Waals surface area contributed by atoms with Gasteiger partial charge >= 0.3 is 0 Å². The maximum atomic E-state index is 5.38. The predicted molar refractivity (Wildman–Crippen MR) is 55.0 cm³/mol. The molecule has 0 amide bonds. The van der Waals surface area contributed by atoms with Gasteiger partial charge in [0.15, 0.2) is 0 Å². The molecular formula is C11H21N. The summed E-state index contributed by atoms with van der Waals surface area (Å²) in [4.78, 5) is 0. The molecule has 0 bridgehead atoms. The molecule has 0 aromatic heterocycles. The lowest BCUT2D eigenvalue weighted by Crippen LogP contribution is -2.46. The van der Waals surface area contributed by atoms with Crippen molar-refractivity contribution in [3.8, 4) is 12.3 Å². The fourth-order valence-corrected chi connectivity index (χ4v) is 1.11. The van der Waals surface area contributed by atoms with E-state index in [1.54, 1.807) is 0 Å². The van der Waals surface area contributed by atoms with Crippen molar-refractivity contribution in [1.82, 2.24) is 5.32 Å². The molecule has 0 aliphatic heterocycles. The highest BCUT2D eigenvalue weighted by Gasteiger charge is 2.19. The maximum absolute atomic E-state index is 5.38. The van der Waals surface area contributed by atoms with Gasteiger partial charge in [0.05, 0.1) is 5.54 Å². The molecule has 0 aromatic carbocycles. The molecule has 0 radical (unpaired) electrons. The molecule has 1 heteroatoms. The molecule has 0 saturated carbocycles. The standard InChI is InChI=1S/C11H21N/c1-7-9(3)10(4)12-11(5,6)8-2/h2,9-10,12H,7H2,1,3-6H3. The second-order valence-corrected chi connectivity index (χ2v) is 4.09. The van der Waals surface area contributed by atoms with E-state index >= 15 is 0 Å². The summed E-state index contributed by atoms with van der Waals surface area (Å²) >= 11 is 0. The molecule has 1 N–H and O–H groups in total. The first-order chi connectivity index (χ1) is 5.43. The summed E-state index contributed by atoms with van der Waals surface area (Å²) < 4.78 is 0. The van der Waals surface area contributed by atoms with Crippen LogP contribution in [-0.4, -0.2) is 11.6 Å². The van der Waals surface area contributed by atoms with E-state index in [0.717, 1.165) is 0 Å². The topological polar surface area (TPSA) is 12.0 Å². The van der Waals surface area contributed by atoms with Crippen molar-refractivity contribution >= 4 is 0 Å². The Morgan fingerprint density at radius 2 is 1.92 bits per heavy atom. The lowest BCUT2D eigenvalue weighted by Gasteiger charge is -2.28. The predicted octanol–water partition coefficient (Wildman–Crippen LogP) is 2.42. The molecule has 12 heavy (non-hydrogen) atoms. The fraction of sp³-hybridized carbons (Fsp3) is 0.818. The number of rotatable bonds is 4. The summed E-state index contributed by atoms with van der Waals surface area (Å²) in [6.45, 7) is 10.7. The Bertz CT molecular complexity index is 164. The van der Waals surface area contributed by atoms with Gasteiger partial charge in [0.1, 0.15) is 0 Å². The highest BCUT2D eigenvalue weighted by atomic mass is 15.0. The average Bonchev–Trinajstić information content (AvgIpc) is 2.02. The van der Waals surface area contributed by atoms with Crippen LogP contribution in [0.5, 0.6) is 0 Å². The lowest BCUT2D eigenvalue weighted by atomic mass is 9.97. The van der Waals surface area contributed by atoms with E-state index in [1.807, 2.05) is 13.8 Å². The van der Waals surface area contributed by atoms with Gasteiger partial charge < -0.3 is 0 Å². The van der Waals surface area contributed by atoms with Crippen LogP contribution < -0.4 is 5.32 Å². The summed E-state index contributed by atoms with van der Waals surface area (Å²) in [5.74, 6) is 3.42. The normalized spacial score (nSPS) is 16.7.